The minimum Gasteiger partial charge on any atom is -0.445 e. The number of carbonyl (C=O) groups excluding carboxylic acids is 1. The molecular weight excluding hydrogens is 375 g/mol. The molecule has 2 atom stereocenters. The Balaban J connectivity index is 2.31. The lowest BCUT2D eigenvalue weighted by Crippen LogP contribution is -2.47. The Morgan fingerprint density at radius 3 is 2.42 bits per heavy atom. The van der Waals surface area contributed by atoms with E-state index < -0.39 is 19.9 Å². The van der Waals surface area contributed by atoms with Gasteiger partial charge in [-0.05, 0) is 32.3 Å². The van der Waals surface area contributed by atoms with Crippen LogP contribution in [0.15, 0.2) is 30.3 Å². The van der Waals surface area contributed by atoms with Crippen LogP contribution in [-0.2, 0) is 25.0 Å². The van der Waals surface area contributed by atoms with Crippen molar-refractivity contribution >= 4 is 26.3 Å². The van der Waals surface area contributed by atoms with Crippen molar-refractivity contribution in [2.24, 2.45) is 5.73 Å². The fraction of sp³-hybridized carbons (Fsp3) is 0.588. The number of hydrogen-bond donors (Lipinski definition) is 3. The fourth-order valence-corrected chi connectivity index (χ4v) is 4.18. The number of alkyl carbamates (subject to hydrolysis) is 1. The summed E-state index contributed by atoms with van der Waals surface area (Å²) < 4.78 is 28.0. The largest absolute Gasteiger partial charge is 0.445 e. The summed E-state index contributed by atoms with van der Waals surface area (Å²) in [5.41, 5.74) is 6.82. The molecule has 0 radical (unpaired) electrons. The minimum atomic E-state index is -3.06. The molecule has 1 aromatic rings. The average molecular weight is 404 g/mol. The summed E-state index contributed by atoms with van der Waals surface area (Å²) in [6.45, 7) is 4.37. The van der Waals surface area contributed by atoms with Crippen LogP contribution in [0.3, 0.4) is 0 Å². The number of carbonyl (C=O) groups is 1. The summed E-state index contributed by atoms with van der Waals surface area (Å²) in [6.07, 6.45) is 0.111. The van der Waals surface area contributed by atoms with E-state index in [1.807, 2.05) is 30.3 Å². The van der Waals surface area contributed by atoms with E-state index in [-0.39, 0.29) is 18.0 Å². The van der Waals surface area contributed by atoms with Crippen molar-refractivity contribution in [1.82, 2.24) is 5.32 Å². The van der Waals surface area contributed by atoms with Crippen molar-refractivity contribution in [2.45, 2.75) is 44.7 Å². The standard InChI is InChI=1S/C17H29N2O5PS/c1-3-23-25(21,24-4-2)12-8-11-15(26)16(18)19-17(20)22-13-14-9-6-5-7-10-14/h5-7,9-10,15-16,26H,3-4,8,11-13,18H2,1-2H3,(H,19,20). The quantitative estimate of drug-likeness (QED) is 0.280. The fourth-order valence-electron chi connectivity index (χ4n) is 2.23. The molecule has 0 aliphatic carbocycles. The second-order valence-corrected chi connectivity index (χ2v) is 8.46. The van der Waals surface area contributed by atoms with E-state index in [1.165, 1.54) is 0 Å². The van der Waals surface area contributed by atoms with Gasteiger partial charge in [0.25, 0.3) is 0 Å². The maximum Gasteiger partial charge on any atom is 0.408 e. The highest BCUT2D eigenvalue weighted by atomic mass is 32.1. The molecule has 0 aromatic heterocycles. The smallest absolute Gasteiger partial charge is 0.408 e. The van der Waals surface area contributed by atoms with E-state index >= 15 is 0 Å². The lowest BCUT2D eigenvalue weighted by atomic mass is 10.2. The van der Waals surface area contributed by atoms with Gasteiger partial charge in [-0.2, -0.15) is 12.6 Å². The van der Waals surface area contributed by atoms with Crippen molar-refractivity contribution < 1.29 is 23.1 Å². The van der Waals surface area contributed by atoms with Crippen molar-refractivity contribution in [3.8, 4) is 0 Å². The Hall–Kier alpha value is -1.05. The summed E-state index contributed by atoms with van der Waals surface area (Å²) in [5, 5.41) is 2.25. The molecule has 3 N–H and O–H groups in total. The zero-order chi connectivity index (χ0) is 19.4. The number of hydrogen-bond acceptors (Lipinski definition) is 7. The van der Waals surface area contributed by atoms with Gasteiger partial charge in [-0.15, -0.1) is 0 Å². The maximum atomic E-state index is 12.4. The molecule has 1 aromatic carbocycles. The average Bonchev–Trinajstić information content (AvgIpc) is 2.61. The lowest BCUT2D eigenvalue weighted by molar-refractivity contribution is 0.135. The number of rotatable bonds is 12. The van der Waals surface area contributed by atoms with Crippen LogP contribution in [0.4, 0.5) is 4.79 Å². The van der Waals surface area contributed by atoms with Gasteiger partial charge in [0.1, 0.15) is 6.61 Å². The number of ether oxygens (including phenoxy) is 1. The van der Waals surface area contributed by atoms with Crippen LogP contribution in [0, 0.1) is 0 Å². The van der Waals surface area contributed by atoms with Crippen molar-refractivity contribution in [1.29, 1.82) is 0 Å². The first-order valence-electron chi connectivity index (χ1n) is 8.69. The van der Waals surface area contributed by atoms with Crippen molar-refractivity contribution in [3.05, 3.63) is 35.9 Å². The molecule has 0 bridgehead atoms. The van der Waals surface area contributed by atoms with E-state index in [9.17, 15) is 9.36 Å². The Morgan fingerprint density at radius 2 is 1.85 bits per heavy atom. The third-order valence-corrected chi connectivity index (χ3v) is 6.24. The molecule has 1 amide bonds. The zero-order valence-electron chi connectivity index (χ0n) is 15.3. The summed E-state index contributed by atoms with van der Waals surface area (Å²) in [5.74, 6) is 0. The highest BCUT2D eigenvalue weighted by molar-refractivity contribution is 7.81. The van der Waals surface area contributed by atoms with Crippen LogP contribution < -0.4 is 11.1 Å². The third kappa shape index (κ3) is 9.05. The molecule has 0 spiro atoms. The first-order chi connectivity index (χ1) is 12.4. The van der Waals surface area contributed by atoms with Gasteiger partial charge in [0.15, 0.2) is 0 Å². The summed E-state index contributed by atoms with van der Waals surface area (Å²) >= 11 is 4.41. The predicted molar refractivity (Wildman–Crippen MR) is 105 cm³/mol. The normalized spacial score (nSPS) is 13.8. The second kappa shape index (κ2) is 12.4. The molecule has 26 heavy (non-hydrogen) atoms. The van der Waals surface area contributed by atoms with Gasteiger partial charge in [0, 0.05) is 5.25 Å². The first-order valence-corrected chi connectivity index (χ1v) is 10.9. The lowest BCUT2D eigenvalue weighted by Gasteiger charge is -2.21. The Bertz CT molecular complexity index is 566. The van der Waals surface area contributed by atoms with E-state index in [4.69, 9.17) is 19.5 Å². The highest BCUT2D eigenvalue weighted by Crippen LogP contribution is 2.48. The van der Waals surface area contributed by atoms with Gasteiger partial charge in [0.05, 0.1) is 25.5 Å². The molecule has 0 aliphatic rings. The number of nitrogens with two attached hydrogens (primary N) is 1. The first kappa shape index (κ1) is 23.0. The summed E-state index contributed by atoms with van der Waals surface area (Å²) in [4.78, 5) is 11.8. The van der Waals surface area contributed by atoms with Crippen LogP contribution >= 0.6 is 20.2 Å². The van der Waals surface area contributed by atoms with Crippen molar-refractivity contribution in [3.63, 3.8) is 0 Å². The van der Waals surface area contributed by atoms with Gasteiger partial charge in [0.2, 0.25) is 0 Å². The Labute approximate surface area is 160 Å². The van der Waals surface area contributed by atoms with E-state index in [0.29, 0.717) is 26.1 Å². The Morgan fingerprint density at radius 1 is 1.23 bits per heavy atom. The van der Waals surface area contributed by atoms with Gasteiger partial charge >= 0.3 is 13.7 Å². The van der Waals surface area contributed by atoms with Gasteiger partial charge in [-0.1, -0.05) is 30.3 Å². The number of nitrogens with one attached hydrogen (secondary N) is 1. The van der Waals surface area contributed by atoms with Crippen LogP contribution in [0.5, 0.6) is 0 Å². The molecule has 148 valence electrons. The topological polar surface area (TPSA) is 99.9 Å². The summed E-state index contributed by atoms with van der Waals surface area (Å²) in [6, 6.07) is 9.36. The molecule has 9 heteroatoms. The molecule has 0 saturated heterocycles. The minimum absolute atomic E-state index is 0.169. The monoisotopic (exact) mass is 404 g/mol. The van der Waals surface area contributed by atoms with Crippen LogP contribution in [0.1, 0.15) is 32.3 Å². The van der Waals surface area contributed by atoms with E-state index in [0.717, 1.165) is 5.56 Å². The van der Waals surface area contributed by atoms with E-state index in [1.54, 1.807) is 13.8 Å². The molecular formula is C17H29N2O5PS. The SMILES string of the molecule is CCOP(=O)(CCCC(S)C(N)NC(=O)OCc1ccccc1)OCC. The predicted octanol–water partition coefficient (Wildman–Crippen LogP) is 3.54. The third-order valence-electron chi connectivity index (χ3n) is 3.50. The molecule has 7 nitrogen and oxygen atoms in total. The number of thiol groups is 1. The maximum absolute atomic E-state index is 12.4. The van der Waals surface area contributed by atoms with Crippen LogP contribution in [-0.4, -0.2) is 36.9 Å². The number of amides is 1. The van der Waals surface area contributed by atoms with Crippen LogP contribution in [0.25, 0.3) is 0 Å². The zero-order valence-corrected chi connectivity index (χ0v) is 17.1. The van der Waals surface area contributed by atoms with E-state index in [2.05, 4.69) is 17.9 Å². The van der Waals surface area contributed by atoms with Gasteiger partial charge < -0.3 is 24.8 Å². The second-order valence-electron chi connectivity index (χ2n) is 5.61. The van der Waals surface area contributed by atoms with Gasteiger partial charge in [-0.25, -0.2) is 4.79 Å². The molecule has 0 fully saturated rings. The van der Waals surface area contributed by atoms with Crippen molar-refractivity contribution in [2.75, 3.05) is 19.4 Å². The molecule has 0 saturated carbocycles. The van der Waals surface area contributed by atoms with Crippen LogP contribution in [0.2, 0.25) is 0 Å². The molecule has 1 rings (SSSR count). The Kier molecular flexibility index (Phi) is 10.9. The molecule has 0 heterocycles. The molecule has 2 unspecified atom stereocenters. The number of benzene rings is 1. The molecule has 0 aliphatic heterocycles. The highest BCUT2D eigenvalue weighted by Gasteiger charge is 2.24. The summed E-state index contributed by atoms with van der Waals surface area (Å²) in [7, 11) is -3.06. The van der Waals surface area contributed by atoms with Gasteiger partial charge in [-0.3, -0.25) is 4.57 Å².